The third-order valence-electron chi connectivity index (χ3n) is 1.73. The fourth-order valence-corrected chi connectivity index (χ4v) is 1.02. The summed E-state index contributed by atoms with van der Waals surface area (Å²) in [5.74, 6) is 0.615. The zero-order valence-corrected chi connectivity index (χ0v) is 7.53. The number of rotatable bonds is 4. The normalized spacial score (nSPS) is 12.5. The summed E-state index contributed by atoms with van der Waals surface area (Å²) in [7, 11) is 1.54. The van der Waals surface area contributed by atoms with Gasteiger partial charge in [0.1, 0.15) is 11.9 Å². The average Bonchev–Trinajstić information content (AvgIpc) is 2.18. The van der Waals surface area contributed by atoms with Crippen LogP contribution >= 0.6 is 0 Å². The van der Waals surface area contributed by atoms with E-state index in [1.54, 1.807) is 12.1 Å². The molecule has 0 aliphatic carbocycles. The van der Waals surface area contributed by atoms with Crippen molar-refractivity contribution < 1.29 is 9.13 Å². The van der Waals surface area contributed by atoms with Gasteiger partial charge in [0.25, 0.3) is 0 Å². The van der Waals surface area contributed by atoms with Gasteiger partial charge in [0.15, 0.2) is 0 Å². The van der Waals surface area contributed by atoms with Crippen LogP contribution < -0.4 is 10.5 Å². The summed E-state index contributed by atoms with van der Waals surface area (Å²) in [6, 6.07) is 3.26. The second-order valence-corrected chi connectivity index (χ2v) is 2.67. The summed E-state index contributed by atoms with van der Waals surface area (Å²) in [5.41, 5.74) is 5.62. The van der Waals surface area contributed by atoms with Gasteiger partial charge in [-0.2, -0.15) is 0 Å². The average molecular weight is 184 g/mol. The fourth-order valence-electron chi connectivity index (χ4n) is 1.02. The first-order chi connectivity index (χ1) is 6.27. The van der Waals surface area contributed by atoms with Gasteiger partial charge in [-0.05, 0) is 19.0 Å². The van der Waals surface area contributed by atoms with Gasteiger partial charge in [-0.15, -0.1) is 0 Å². The van der Waals surface area contributed by atoms with E-state index >= 15 is 0 Å². The van der Waals surface area contributed by atoms with Crippen molar-refractivity contribution in [3.8, 4) is 5.75 Å². The summed E-state index contributed by atoms with van der Waals surface area (Å²) in [5, 5.41) is 0. The molecule has 1 aromatic heterocycles. The Morgan fingerprint density at radius 2 is 2.46 bits per heavy atom. The van der Waals surface area contributed by atoms with E-state index in [4.69, 9.17) is 10.5 Å². The molecule has 4 heteroatoms. The van der Waals surface area contributed by atoms with Crippen molar-refractivity contribution in [2.45, 2.75) is 12.6 Å². The Hall–Kier alpha value is -1.16. The van der Waals surface area contributed by atoms with E-state index in [2.05, 4.69) is 4.98 Å². The van der Waals surface area contributed by atoms with Gasteiger partial charge in [0, 0.05) is 12.3 Å². The van der Waals surface area contributed by atoms with E-state index in [-0.39, 0.29) is 0 Å². The van der Waals surface area contributed by atoms with Crippen molar-refractivity contribution in [1.29, 1.82) is 0 Å². The molecule has 0 saturated heterocycles. The largest absolute Gasteiger partial charge is 0.497 e. The maximum absolute atomic E-state index is 13.3. The predicted octanol–water partition coefficient (Wildman–Crippen LogP) is 1.45. The Kier molecular flexibility index (Phi) is 3.64. The number of ether oxygens (including phenoxy) is 1. The van der Waals surface area contributed by atoms with Crippen LogP contribution in [-0.2, 0) is 0 Å². The molecule has 72 valence electrons. The number of methoxy groups -OCH3 is 1. The molecule has 2 N–H and O–H groups in total. The zero-order valence-electron chi connectivity index (χ0n) is 7.53. The Bertz CT molecular complexity index is 268. The minimum absolute atomic E-state index is 0.292. The second-order valence-electron chi connectivity index (χ2n) is 2.67. The number of pyridine rings is 1. The van der Waals surface area contributed by atoms with E-state index in [0.717, 1.165) is 0 Å². The molecule has 1 rings (SSSR count). The molecule has 0 aliphatic heterocycles. The highest BCUT2D eigenvalue weighted by Gasteiger charge is 2.10. The SMILES string of the molecule is COc1ccnc(C(F)CCN)c1. The smallest absolute Gasteiger partial charge is 0.143 e. The predicted molar refractivity (Wildman–Crippen MR) is 48.3 cm³/mol. The minimum atomic E-state index is -1.10. The molecule has 0 saturated carbocycles. The quantitative estimate of drug-likeness (QED) is 0.770. The topological polar surface area (TPSA) is 48.1 Å². The summed E-state index contributed by atoms with van der Waals surface area (Å²) < 4.78 is 18.2. The van der Waals surface area contributed by atoms with E-state index in [9.17, 15) is 4.39 Å². The van der Waals surface area contributed by atoms with Gasteiger partial charge in [0.2, 0.25) is 0 Å². The second kappa shape index (κ2) is 4.77. The van der Waals surface area contributed by atoms with Crippen LogP contribution in [0.15, 0.2) is 18.3 Å². The standard InChI is InChI=1S/C9H13FN2O/c1-13-7-3-5-12-9(6-7)8(10)2-4-11/h3,5-6,8H,2,4,11H2,1H3. The zero-order chi connectivity index (χ0) is 9.68. The van der Waals surface area contributed by atoms with Crippen LogP contribution in [0.4, 0.5) is 4.39 Å². The lowest BCUT2D eigenvalue weighted by Crippen LogP contribution is -2.05. The lowest BCUT2D eigenvalue weighted by Gasteiger charge is -2.06. The van der Waals surface area contributed by atoms with Crippen LogP contribution in [0, 0.1) is 0 Å². The number of nitrogens with two attached hydrogens (primary N) is 1. The molecule has 1 atom stereocenters. The van der Waals surface area contributed by atoms with Crippen LogP contribution in [0.25, 0.3) is 0 Å². The Morgan fingerprint density at radius 1 is 1.69 bits per heavy atom. The molecule has 0 radical (unpaired) electrons. The molecule has 0 amide bonds. The number of hydrogen-bond donors (Lipinski definition) is 1. The molecule has 1 heterocycles. The summed E-state index contributed by atoms with van der Waals surface area (Å²) in [6.45, 7) is 0.320. The maximum atomic E-state index is 13.3. The molecule has 1 unspecified atom stereocenters. The molecule has 0 aromatic carbocycles. The van der Waals surface area contributed by atoms with Crippen molar-refractivity contribution in [2.24, 2.45) is 5.73 Å². The van der Waals surface area contributed by atoms with Crippen molar-refractivity contribution >= 4 is 0 Å². The third kappa shape index (κ3) is 2.66. The van der Waals surface area contributed by atoms with Crippen molar-refractivity contribution in [3.63, 3.8) is 0 Å². The van der Waals surface area contributed by atoms with Gasteiger partial charge >= 0.3 is 0 Å². The number of nitrogens with zero attached hydrogens (tertiary/aromatic N) is 1. The van der Waals surface area contributed by atoms with Crippen molar-refractivity contribution in [2.75, 3.05) is 13.7 Å². The summed E-state index contributed by atoms with van der Waals surface area (Å²) in [4.78, 5) is 3.90. The Balaban J connectivity index is 2.75. The monoisotopic (exact) mass is 184 g/mol. The van der Waals surface area contributed by atoms with Gasteiger partial charge < -0.3 is 10.5 Å². The number of alkyl halides is 1. The van der Waals surface area contributed by atoms with Crippen LogP contribution in [-0.4, -0.2) is 18.6 Å². The Labute approximate surface area is 76.7 Å². The molecule has 0 aliphatic rings. The molecule has 1 aromatic rings. The van der Waals surface area contributed by atoms with Gasteiger partial charge in [-0.1, -0.05) is 0 Å². The molecule has 0 fully saturated rings. The molecular weight excluding hydrogens is 171 g/mol. The van der Waals surface area contributed by atoms with E-state index in [1.165, 1.54) is 13.3 Å². The van der Waals surface area contributed by atoms with Crippen LogP contribution in [0.2, 0.25) is 0 Å². The lowest BCUT2D eigenvalue weighted by atomic mass is 10.2. The molecule has 3 nitrogen and oxygen atoms in total. The number of aromatic nitrogens is 1. The molecule has 0 bridgehead atoms. The van der Waals surface area contributed by atoms with Crippen LogP contribution in [0.5, 0.6) is 5.75 Å². The molecule has 0 spiro atoms. The van der Waals surface area contributed by atoms with Gasteiger partial charge in [-0.25, -0.2) is 4.39 Å². The minimum Gasteiger partial charge on any atom is -0.497 e. The van der Waals surface area contributed by atoms with Crippen LogP contribution in [0.3, 0.4) is 0 Å². The van der Waals surface area contributed by atoms with E-state index in [1.807, 2.05) is 0 Å². The van der Waals surface area contributed by atoms with Gasteiger partial charge in [0.05, 0.1) is 12.8 Å². The Morgan fingerprint density at radius 3 is 3.08 bits per heavy atom. The van der Waals surface area contributed by atoms with Crippen LogP contribution in [0.1, 0.15) is 18.3 Å². The highest BCUT2D eigenvalue weighted by atomic mass is 19.1. The number of halogens is 1. The fraction of sp³-hybridized carbons (Fsp3) is 0.444. The lowest BCUT2D eigenvalue weighted by molar-refractivity contribution is 0.318. The maximum Gasteiger partial charge on any atom is 0.143 e. The van der Waals surface area contributed by atoms with Crippen molar-refractivity contribution in [1.82, 2.24) is 4.98 Å². The van der Waals surface area contributed by atoms with E-state index in [0.29, 0.717) is 24.4 Å². The van der Waals surface area contributed by atoms with E-state index < -0.39 is 6.17 Å². The highest BCUT2D eigenvalue weighted by molar-refractivity contribution is 5.23. The molecule has 13 heavy (non-hydrogen) atoms. The first-order valence-corrected chi connectivity index (χ1v) is 4.12. The summed E-state index contributed by atoms with van der Waals surface area (Å²) in [6.07, 6.45) is 0.720. The first-order valence-electron chi connectivity index (χ1n) is 4.12. The van der Waals surface area contributed by atoms with Crippen molar-refractivity contribution in [3.05, 3.63) is 24.0 Å². The highest BCUT2D eigenvalue weighted by Crippen LogP contribution is 2.21. The number of hydrogen-bond acceptors (Lipinski definition) is 3. The van der Waals surface area contributed by atoms with Gasteiger partial charge in [-0.3, -0.25) is 4.98 Å². The summed E-state index contributed by atoms with van der Waals surface area (Å²) >= 11 is 0. The molecular formula is C9H13FN2O. The first kappa shape index (κ1) is 9.92. The third-order valence-corrected chi connectivity index (χ3v) is 1.73.